The van der Waals surface area contributed by atoms with Crippen LogP contribution in [0.1, 0.15) is 25.6 Å². The van der Waals surface area contributed by atoms with Crippen molar-refractivity contribution in [2.24, 2.45) is 0 Å². The van der Waals surface area contributed by atoms with Gasteiger partial charge < -0.3 is 5.32 Å². The molecular weight excluding hydrogens is 154 g/mol. The van der Waals surface area contributed by atoms with Gasteiger partial charge in [-0.3, -0.25) is 4.79 Å². The Hall–Kier alpha value is -1.45. The molecule has 0 fully saturated rings. The van der Waals surface area contributed by atoms with E-state index < -0.39 is 0 Å². The van der Waals surface area contributed by atoms with Gasteiger partial charge in [0.05, 0.1) is 18.1 Å². The van der Waals surface area contributed by atoms with Gasteiger partial charge in [-0.25, -0.2) is 9.97 Å². The van der Waals surface area contributed by atoms with Crippen molar-refractivity contribution >= 4 is 12.1 Å². The lowest BCUT2D eigenvalue weighted by Gasteiger charge is -2.02. The maximum absolute atomic E-state index is 10.0. The molecule has 1 aromatic heterocycles. The molecule has 0 unspecified atom stereocenters. The molecule has 0 aliphatic carbocycles. The van der Waals surface area contributed by atoms with Crippen LogP contribution >= 0.6 is 0 Å². The number of carbonyl (C=O) groups excluding carboxylic acids is 1. The normalized spacial score (nSPS) is 9.92. The van der Waals surface area contributed by atoms with E-state index in [1.807, 2.05) is 13.8 Å². The molecule has 0 bridgehead atoms. The SMILES string of the molecule is CC(C)c1ncc(NC=O)cn1. The van der Waals surface area contributed by atoms with Crippen LogP contribution < -0.4 is 5.32 Å². The molecule has 4 nitrogen and oxygen atoms in total. The zero-order valence-electron chi connectivity index (χ0n) is 7.11. The second kappa shape index (κ2) is 3.80. The third-order valence-electron chi connectivity index (χ3n) is 1.41. The van der Waals surface area contributed by atoms with Crippen LogP contribution in [0, 0.1) is 0 Å². The summed E-state index contributed by atoms with van der Waals surface area (Å²) in [6.45, 7) is 4.03. The van der Waals surface area contributed by atoms with Crippen LogP contribution in [0.3, 0.4) is 0 Å². The van der Waals surface area contributed by atoms with Gasteiger partial charge >= 0.3 is 0 Å². The van der Waals surface area contributed by atoms with Crippen LogP contribution in [-0.4, -0.2) is 16.4 Å². The lowest BCUT2D eigenvalue weighted by Crippen LogP contribution is -2.00. The van der Waals surface area contributed by atoms with Crippen molar-refractivity contribution < 1.29 is 4.79 Å². The highest BCUT2D eigenvalue weighted by atomic mass is 16.1. The highest BCUT2D eigenvalue weighted by Crippen LogP contribution is 2.09. The molecule has 0 saturated carbocycles. The number of nitrogens with zero attached hydrogens (tertiary/aromatic N) is 2. The highest BCUT2D eigenvalue weighted by Gasteiger charge is 2.00. The Bertz CT molecular complexity index is 256. The van der Waals surface area contributed by atoms with Crippen LogP contribution in [0.2, 0.25) is 0 Å². The topological polar surface area (TPSA) is 54.9 Å². The summed E-state index contributed by atoms with van der Waals surface area (Å²) in [4.78, 5) is 18.2. The molecule has 1 rings (SSSR count). The summed E-state index contributed by atoms with van der Waals surface area (Å²) in [6.07, 6.45) is 3.79. The van der Waals surface area contributed by atoms with Gasteiger partial charge in [-0.1, -0.05) is 13.8 Å². The molecule has 0 aliphatic rings. The monoisotopic (exact) mass is 165 g/mol. The number of anilines is 1. The largest absolute Gasteiger partial charge is 0.326 e. The minimum atomic E-state index is 0.315. The van der Waals surface area contributed by atoms with Crippen molar-refractivity contribution in [3.63, 3.8) is 0 Å². The summed E-state index contributed by atoms with van der Waals surface area (Å²) in [5, 5.41) is 2.47. The average molecular weight is 165 g/mol. The van der Waals surface area contributed by atoms with E-state index >= 15 is 0 Å². The maximum Gasteiger partial charge on any atom is 0.211 e. The first-order valence-electron chi connectivity index (χ1n) is 3.76. The number of carbonyl (C=O) groups is 1. The number of rotatable bonds is 3. The van der Waals surface area contributed by atoms with E-state index in [9.17, 15) is 4.79 Å². The van der Waals surface area contributed by atoms with Crippen molar-refractivity contribution in [3.05, 3.63) is 18.2 Å². The summed E-state index contributed by atoms with van der Waals surface area (Å²) >= 11 is 0. The third-order valence-corrected chi connectivity index (χ3v) is 1.41. The Morgan fingerprint density at radius 1 is 1.42 bits per heavy atom. The third kappa shape index (κ3) is 2.02. The van der Waals surface area contributed by atoms with Crippen LogP contribution in [0.15, 0.2) is 12.4 Å². The Labute approximate surface area is 71.0 Å². The van der Waals surface area contributed by atoms with Gasteiger partial charge in [0.1, 0.15) is 5.82 Å². The van der Waals surface area contributed by atoms with Crippen LogP contribution in [-0.2, 0) is 4.79 Å². The molecular formula is C8H11N3O. The smallest absolute Gasteiger partial charge is 0.211 e. The van der Waals surface area contributed by atoms with Crippen molar-refractivity contribution in [2.45, 2.75) is 19.8 Å². The van der Waals surface area contributed by atoms with E-state index in [1.165, 1.54) is 0 Å². The standard InChI is InChI=1S/C8H11N3O/c1-6(2)8-9-3-7(4-10-8)11-5-12/h3-6H,1-2H3,(H,11,12). The number of amides is 1. The Morgan fingerprint density at radius 3 is 2.42 bits per heavy atom. The predicted octanol–water partition coefficient (Wildman–Crippen LogP) is 1.17. The lowest BCUT2D eigenvalue weighted by atomic mass is 10.2. The lowest BCUT2D eigenvalue weighted by molar-refractivity contribution is -0.105. The molecule has 1 N–H and O–H groups in total. The molecule has 0 atom stereocenters. The summed E-state index contributed by atoms with van der Waals surface area (Å²) in [5.74, 6) is 1.10. The van der Waals surface area contributed by atoms with Gasteiger partial charge in [0.25, 0.3) is 0 Å². The van der Waals surface area contributed by atoms with Crippen molar-refractivity contribution in [2.75, 3.05) is 5.32 Å². The Kier molecular flexibility index (Phi) is 2.74. The fraction of sp³-hybridized carbons (Fsp3) is 0.375. The molecule has 0 aliphatic heterocycles. The van der Waals surface area contributed by atoms with Crippen LogP contribution in [0.4, 0.5) is 5.69 Å². The molecule has 0 spiro atoms. The number of aromatic nitrogens is 2. The van der Waals surface area contributed by atoms with E-state index in [0.717, 1.165) is 5.82 Å². The Balaban J connectivity index is 2.78. The van der Waals surface area contributed by atoms with Gasteiger partial charge in [-0.05, 0) is 0 Å². The number of nitrogens with one attached hydrogen (secondary N) is 1. The van der Waals surface area contributed by atoms with E-state index in [2.05, 4.69) is 15.3 Å². The van der Waals surface area contributed by atoms with Gasteiger partial charge in [0.15, 0.2) is 0 Å². The van der Waals surface area contributed by atoms with E-state index in [4.69, 9.17) is 0 Å². The fourth-order valence-corrected chi connectivity index (χ4v) is 0.779. The minimum Gasteiger partial charge on any atom is -0.326 e. The molecule has 1 heterocycles. The van der Waals surface area contributed by atoms with Crippen molar-refractivity contribution in [1.82, 2.24) is 9.97 Å². The van der Waals surface area contributed by atoms with E-state index in [0.29, 0.717) is 18.0 Å². The fourth-order valence-electron chi connectivity index (χ4n) is 0.779. The molecule has 1 aromatic rings. The van der Waals surface area contributed by atoms with Crippen molar-refractivity contribution in [1.29, 1.82) is 0 Å². The molecule has 0 aromatic carbocycles. The highest BCUT2D eigenvalue weighted by molar-refractivity contribution is 5.69. The summed E-state index contributed by atoms with van der Waals surface area (Å²) in [7, 11) is 0. The second-order valence-corrected chi connectivity index (χ2v) is 2.75. The average Bonchev–Trinajstić information content (AvgIpc) is 2.06. The van der Waals surface area contributed by atoms with Gasteiger partial charge in [0.2, 0.25) is 6.41 Å². The zero-order chi connectivity index (χ0) is 8.97. The Morgan fingerprint density at radius 2 is 2.00 bits per heavy atom. The second-order valence-electron chi connectivity index (χ2n) is 2.75. The molecule has 0 radical (unpaired) electrons. The van der Waals surface area contributed by atoms with Crippen LogP contribution in [0.25, 0.3) is 0 Å². The minimum absolute atomic E-state index is 0.315. The first-order valence-corrected chi connectivity index (χ1v) is 3.76. The van der Waals surface area contributed by atoms with Gasteiger partial charge in [0, 0.05) is 5.92 Å². The molecule has 0 saturated heterocycles. The van der Waals surface area contributed by atoms with Gasteiger partial charge in [-0.15, -0.1) is 0 Å². The number of hydrogen-bond donors (Lipinski definition) is 1. The van der Waals surface area contributed by atoms with Crippen molar-refractivity contribution in [3.8, 4) is 0 Å². The van der Waals surface area contributed by atoms with Crippen LogP contribution in [0.5, 0.6) is 0 Å². The quantitative estimate of drug-likeness (QED) is 0.684. The predicted molar refractivity (Wildman–Crippen MR) is 45.8 cm³/mol. The zero-order valence-corrected chi connectivity index (χ0v) is 7.11. The first kappa shape index (κ1) is 8.64. The summed E-state index contributed by atoms with van der Waals surface area (Å²) in [5.41, 5.74) is 0.620. The maximum atomic E-state index is 10.0. The van der Waals surface area contributed by atoms with Gasteiger partial charge in [-0.2, -0.15) is 0 Å². The van der Waals surface area contributed by atoms with E-state index in [1.54, 1.807) is 12.4 Å². The summed E-state index contributed by atoms with van der Waals surface area (Å²) in [6, 6.07) is 0. The first-order chi connectivity index (χ1) is 5.74. The molecule has 4 heteroatoms. The number of hydrogen-bond acceptors (Lipinski definition) is 3. The summed E-state index contributed by atoms with van der Waals surface area (Å²) < 4.78 is 0. The molecule has 64 valence electrons. The molecule has 1 amide bonds. The van der Waals surface area contributed by atoms with E-state index in [-0.39, 0.29) is 0 Å². The molecule has 12 heavy (non-hydrogen) atoms.